The van der Waals surface area contributed by atoms with Crippen LogP contribution in [-0.2, 0) is 16.0 Å². The molecule has 0 bridgehead atoms. The quantitative estimate of drug-likeness (QED) is 0.648. The number of halogens is 1. The Kier molecular flexibility index (Phi) is 6.01. The lowest BCUT2D eigenvalue weighted by molar-refractivity contribution is -0.144. The number of carbonyl (C=O) groups is 1. The minimum absolute atomic E-state index is 0.0833. The first-order valence-corrected chi connectivity index (χ1v) is 6.77. The van der Waals surface area contributed by atoms with Crippen LogP contribution in [0.2, 0.25) is 0 Å². The molecule has 3 nitrogen and oxygen atoms in total. The van der Waals surface area contributed by atoms with Gasteiger partial charge in [0.15, 0.2) is 0 Å². The third-order valence-electron chi connectivity index (χ3n) is 2.23. The van der Waals surface area contributed by atoms with Crippen molar-refractivity contribution in [1.29, 1.82) is 0 Å². The Bertz CT molecular complexity index is 340. The molecule has 16 heavy (non-hydrogen) atoms. The maximum atomic E-state index is 11.1. The second kappa shape index (κ2) is 7.04. The number of nitrogens with one attached hydrogen (secondary N) is 1. The molecule has 0 aromatic carbocycles. The molecule has 0 amide bonds. The van der Waals surface area contributed by atoms with Crippen molar-refractivity contribution in [3.05, 3.63) is 20.8 Å². The molecule has 0 aliphatic carbocycles. The molecule has 0 radical (unpaired) electrons. The van der Waals surface area contributed by atoms with Gasteiger partial charge in [-0.25, -0.2) is 0 Å². The molecule has 1 aromatic heterocycles. The zero-order valence-electron chi connectivity index (χ0n) is 9.46. The highest BCUT2D eigenvalue weighted by atomic mass is 79.9. The van der Waals surface area contributed by atoms with Crippen LogP contribution in [0.3, 0.4) is 0 Å². The summed E-state index contributed by atoms with van der Waals surface area (Å²) in [5.41, 5.74) is 0. The Balaban J connectivity index is 2.14. The number of methoxy groups -OCH3 is 1. The Hall–Kier alpha value is -0.390. The first-order valence-electron chi connectivity index (χ1n) is 5.16. The van der Waals surface area contributed by atoms with E-state index in [1.807, 2.05) is 6.92 Å². The van der Waals surface area contributed by atoms with Gasteiger partial charge in [-0.1, -0.05) is 6.92 Å². The highest BCUT2D eigenvalue weighted by molar-refractivity contribution is 9.11. The van der Waals surface area contributed by atoms with Crippen LogP contribution in [0.15, 0.2) is 15.9 Å². The van der Waals surface area contributed by atoms with Gasteiger partial charge in [0.2, 0.25) is 0 Å². The Labute approximate surface area is 108 Å². The lowest BCUT2D eigenvalue weighted by Crippen LogP contribution is -2.28. The number of hydrogen-bond acceptors (Lipinski definition) is 4. The third kappa shape index (κ3) is 4.63. The van der Waals surface area contributed by atoms with Crippen LogP contribution in [0.1, 0.15) is 11.8 Å². The summed E-state index contributed by atoms with van der Waals surface area (Å²) in [5, 5.41) is 3.25. The van der Waals surface area contributed by atoms with Crippen LogP contribution in [-0.4, -0.2) is 26.2 Å². The van der Waals surface area contributed by atoms with E-state index in [2.05, 4.69) is 38.1 Å². The van der Waals surface area contributed by atoms with Crippen LogP contribution >= 0.6 is 27.3 Å². The van der Waals surface area contributed by atoms with Crippen LogP contribution < -0.4 is 5.32 Å². The summed E-state index contributed by atoms with van der Waals surface area (Å²) < 4.78 is 5.81. The zero-order valence-corrected chi connectivity index (χ0v) is 11.9. The SMILES string of the molecule is COC(=O)C(C)CNCCc1ccc(Br)s1. The van der Waals surface area contributed by atoms with E-state index in [0.29, 0.717) is 6.54 Å². The van der Waals surface area contributed by atoms with E-state index >= 15 is 0 Å². The first-order chi connectivity index (χ1) is 7.63. The van der Waals surface area contributed by atoms with Crippen molar-refractivity contribution in [2.24, 2.45) is 5.92 Å². The molecule has 1 aromatic rings. The summed E-state index contributed by atoms with van der Waals surface area (Å²) in [6, 6.07) is 4.16. The highest BCUT2D eigenvalue weighted by Gasteiger charge is 2.11. The largest absolute Gasteiger partial charge is 0.469 e. The minimum Gasteiger partial charge on any atom is -0.469 e. The average molecular weight is 306 g/mol. The second-order valence-corrected chi connectivity index (χ2v) is 6.13. The Morgan fingerprint density at radius 2 is 2.38 bits per heavy atom. The van der Waals surface area contributed by atoms with E-state index in [4.69, 9.17) is 0 Å². The Morgan fingerprint density at radius 1 is 1.62 bits per heavy atom. The van der Waals surface area contributed by atoms with Gasteiger partial charge in [0.05, 0.1) is 16.8 Å². The van der Waals surface area contributed by atoms with Gasteiger partial charge >= 0.3 is 5.97 Å². The number of rotatable bonds is 6. The fourth-order valence-electron chi connectivity index (χ4n) is 1.30. The van der Waals surface area contributed by atoms with Gasteiger partial charge in [-0.3, -0.25) is 4.79 Å². The van der Waals surface area contributed by atoms with Crippen molar-refractivity contribution in [2.75, 3.05) is 20.2 Å². The molecule has 1 unspecified atom stereocenters. The van der Waals surface area contributed by atoms with E-state index in [9.17, 15) is 4.79 Å². The molecule has 5 heteroatoms. The molecule has 1 rings (SSSR count). The number of esters is 1. The van der Waals surface area contributed by atoms with E-state index in [1.54, 1.807) is 11.3 Å². The van der Waals surface area contributed by atoms with Crippen molar-refractivity contribution in [1.82, 2.24) is 5.32 Å². The molecule has 1 heterocycles. The zero-order chi connectivity index (χ0) is 12.0. The van der Waals surface area contributed by atoms with Gasteiger partial charge in [-0.05, 0) is 41.0 Å². The van der Waals surface area contributed by atoms with Crippen molar-refractivity contribution < 1.29 is 9.53 Å². The van der Waals surface area contributed by atoms with Gasteiger partial charge in [-0.15, -0.1) is 11.3 Å². The van der Waals surface area contributed by atoms with Gasteiger partial charge in [0, 0.05) is 11.4 Å². The molecule has 0 saturated carbocycles. The summed E-state index contributed by atoms with van der Waals surface area (Å²) in [6.45, 7) is 3.41. The molecule has 1 atom stereocenters. The third-order valence-corrected chi connectivity index (χ3v) is 3.91. The molecule has 90 valence electrons. The summed E-state index contributed by atoms with van der Waals surface area (Å²) in [6.07, 6.45) is 0.990. The van der Waals surface area contributed by atoms with Crippen molar-refractivity contribution in [3.8, 4) is 0 Å². The monoisotopic (exact) mass is 305 g/mol. The van der Waals surface area contributed by atoms with E-state index in [-0.39, 0.29) is 11.9 Å². The summed E-state index contributed by atoms with van der Waals surface area (Å²) in [4.78, 5) is 12.5. The van der Waals surface area contributed by atoms with E-state index in [1.165, 1.54) is 12.0 Å². The fourth-order valence-corrected chi connectivity index (χ4v) is 2.78. The van der Waals surface area contributed by atoms with E-state index < -0.39 is 0 Å². The van der Waals surface area contributed by atoms with Crippen molar-refractivity contribution in [3.63, 3.8) is 0 Å². The second-order valence-electron chi connectivity index (χ2n) is 3.58. The molecular formula is C11H16BrNO2S. The molecule has 0 fully saturated rings. The molecule has 0 saturated heterocycles. The maximum Gasteiger partial charge on any atom is 0.309 e. The molecule has 0 aliphatic heterocycles. The normalized spacial score (nSPS) is 12.4. The predicted octanol–water partition coefficient (Wildman–Crippen LogP) is 2.45. The standard InChI is InChI=1S/C11H16BrNO2S/c1-8(11(14)15-2)7-13-6-5-9-3-4-10(12)16-9/h3-4,8,13H,5-7H2,1-2H3. The topological polar surface area (TPSA) is 38.3 Å². The van der Waals surface area contributed by atoms with Crippen LogP contribution in [0.5, 0.6) is 0 Å². The molecule has 1 N–H and O–H groups in total. The molecule has 0 spiro atoms. The fraction of sp³-hybridized carbons (Fsp3) is 0.545. The number of thiophene rings is 1. The lowest BCUT2D eigenvalue weighted by atomic mass is 10.2. The molecular weight excluding hydrogens is 290 g/mol. The number of ether oxygens (including phenoxy) is 1. The van der Waals surface area contributed by atoms with Gasteiger partial charge in [0.25, 0.3) is 0 Å². The minimum atomic E-state index is -0.161. The number of carbonyl (C=O) groups excluding carboxylic acids is 1. The average Bonchev–Trinajstić information content (AvgIpc) is 2.69. The van der Waals surface area contributed by atoms with Crippen LogP contribution in [0, 0.1) is 5.92 Å². The number of hydrogen-bond donors (Lipinski definition) is 1. The summed E-state index contributed by atoms with van der Waals surface area (Å²) >= 11 is 5.17. The summed E-state index contributed by atoms with van der Waals surface area (Å²) in [7, 11) is 1.42. The van der Waals surface area contributed by atoms with Crippen LogP contribution in [0.4, 0.5) is 0 Å². The van der Waals surface area contributed by atoms with Gasteiger partial charge in [0.1, 0.15) is 0 Å². The predicted molar refractivity (Wildman–Crippen MR) is 69.8 cm³/mol. The Morgan fingerprint density at radius 3 is 2.94 bits per heavy atom. The van der Waals surface area contributed by atoms with Gasteiger partial charge in [-0.2, -0.15) is 0 Å². The smallest absolute Gasteiger partial charge is 0.309 e. The summed E-state index contributed by atoms with van der Waals surface area (Å²) in [5.74, 6) is -0.244. The van der Waals surface area contributed by atoms with E-state index in [0.717, 1.165) is 16.8 Å². The maximum absolute atomic E-state index is 11.1. The van der Waals surface area contributed by atoms with Crippen molar-refractivity contribution >= 4 is 33.2 Å². The first kappa shape index (κ1) is 13.7. The highest BCUT2D eigenvalue weighted by Crippen LogP contribution is 2.21. The van der Waals surface area contributed by atoms with Crippen molar-refractivity contribution in [2.45, 2.75) is 13.3 Å². The molecule has 0 aliphatic rings. The lowest BCUT2D eigenvalue weighted by Gasteiger charge is -2.09. The van der Waals surface area contributed by atoms with Gasteiger partial charge < -0.3 is 10.1 Å². The van der Waals surface area contributed by atoms with Crippen LogP contribution in [0.25, 0.3) is 0 Å².